The summed E-state index contributed by atoms with van der Waals surface area (Å²) in [6, 6.07) is 64.5. The van der Waals surface area contributed by atoms with Gasteiger partial charge in [0.15, 0.2) is 0 Å². The summed E-state index contributed by atoms with van der Waals surface area (Å²) in [7, 11) is 0. The van der Waals surface area contributed by atoms with Gasteiger partial charge in [-0.25, -0.2) is 0 Å². The van der Waals surface area contributed by atoms with E-state index < -0.39 is 0 Å². The number of rotatable bonds is 2. The predicted octanol–water partition coefficient (Wildman–Crippen LogP) is 13.8. The highest BCUT2D eigenvalue weighted by atomic mass is 16.3. The number of benzene rings is 9. The molecule has 0 fully saturated rings. The zero-order chi connectivity index (χ0) is 38.1. The summed E-state index contributed by atoms with van der Waals surface area (Å²) in [5, 5.41) is 9.65. The molecule has 59 heavy (non-hydrogen) atoms. The summed E-state index contributed by atoms with van der Waals surface area (Å²) in [5.41, 5.74) is 19.8. The van der Waals surface area contributed by atoms with Crippen molar-refractivity contribution >= 4 is 99.9 Å². The van der Waals surface area contributed by atoms with Crippen LogP contribution in [0.4, 0.5) is 0 Å². The first-order valence-corrected chi connectivity index (χ1v) is 20.4. The molecule has 0 aliphatic carbocycles. The lowest BCUT2D eigenvalue weighted by Crippen LogP contribution is -2.50. The van der Waals surface area contributed by atoms with E-state index in [2.05, 4.69) is 173 Å². The molecule has 6 heterocycles. The summed E-state index contributed by atoms with van der Waals surface area (Å²) < 4.78 is 18.1. The summed E-state index contributed by atoms with van der Waals surface area (Å²) in [5.74, 6) is 0. The number of hydrogen-bond donors (Lipinski definition) is 0. The van der Waals surface area contributed by atoms with E-state index in [-0.39, 0.29) is 6.98 Å². The second-order valence-electron chi connectivity index (χ2n) is 16.3. The van der Waals surface area contributed by atoms with Crippen molar-refractivity contribution < 1.29 is 8.83 Å². The van der Waals surface area contributed by atoms with Gasteiger partial charge in [0.05, 0.1) is 0 Å². The highest BCUT2D eigenvalue weighted by Crippen LogP contribution is 2.50. The molecule has 0 N–H and O–H groups in total. The lowest BCUT2D eigenvalue weighted by Gasteiger charge is -2.34. The fraction of sp³-hybridized carbons (Fsp3) is 0. The van der Waals surface area contributed by atoms with E-state index in [0.717, 1.165) is 43.9 Å². The molecule has 270 valence electrons. The zero-order valence-corrected chi connectivity index (χ0v) is 31.5. The Labute approximate surface area is 336 Å². The molecular weight excluding hydrogens is 719 g/mol. The third-order valence-corrected chi connectivity index (χ3v) is 13.5. The standard InChI is InChI=1S/C54H29BN2O2/c1-5-20-44-34(12-1)40-26-30(32-16-10-24-48-50(32)38-14-3-7-22-46(38)58-48)28-42-36-18-9-19-37-43-29-31(33-17-11-25-49-51(33)39-15-4-8-23-47(39)59-49)27-41-35-13-2-6-21-45(35)57(54(41)43)55(52(36)37)56(44)53(40)42/h1-29H. The number of aromatic nitrogens is 2. The lowest BCUT2D eigenvalue weighted by molar-refractivity contribution is 0.668. The lowest BCUT2D eigenvalue weighted by atomic mass is 9.57. The van der Waals surface area contributed by atoms with E-state index in [9.17, 15) is 0 Å². The highest BCUT2D eigenvalue weighted by Gasteiger charge is 2.42. The molecule has 4 aromatic heterocycles. The summed E-state index contributed by atoms with van der Waals surface area (Å²) in [6.45, 7) is -0.0785. The van der Waals surface area contributed by atoms with Crippen LogP contribution < -0.4 is 5.46 Å². The number of hydrogen-bond acceptors (Lipinski definition) is 2. The average Bonchev–Trinajstić information content (AvgIpc) is 4.05. The minimum absolute atomic E-state index is 0.0785. The molecule has 4 nitrogen and oxygen atoms in total. The fourth-order valence-electron chi connectivity index (χ4n) is 11.2. The zero-order valence-electron chi connectivity index (χ0n) is 31.5. The Kier molecular flexibility index (Phi) is 5.46. The van der Waals surface area contributed by atoms with Crippen LogP contribution in [0.15, 0.2) is 185 Å². The normalized spacial score (nSPS) is 13.1. The van der Waals surface area contributed by atoms with Crippen LogP contribution in [0.1, 0.15) is 0 Å². The van der Waals surface area contributed by atoms with Gasteiger partial charge in [0.2, 0.25) is 0 Å². The summed E-state index contributed by atoms with van der Waals surface area (Å²) in [6.07, 6.45) is 0. The Morgan fingerprint density at radius 3 is 1.24 bits per heavy atom. The van der Waals surface area contributed by atoms with E-state index in [1.165, 1.54) is 93.6 Å². The van der Waals surface area contributed by atoms with Crippen molar-refractivity contribution in [3.63, 3.8) is 0 Å². The average molecular weight is 749 g/mol. The van der Waals surface area contributed by atoms with Crippen LogP contribution in [-0.4, -0.2) is 15.9 Å². The predicted molar refractivity (Wildman–Crippen MR) is 245 cm³/mol. The number of furan rings is 2. The van der Waals surface area contributed by atoms with E-state index in [1.54, 1.807) is 0 Å². The third kappa shape index (κ3) is 3.68. The number of para-hydroxylation sites is 4. The first-order valence-electron chi connectivity index (χ1n) is 20.4. The molecule has 2 aliphatic heterocycles. The van der Waals surface area contributed by atoms with Crippen molar-refractivity contribution in [1.29, 1.82) is 0 Å². The first kappa shape index (κ1) is 30.4. The number of nitrogens with zero attached hydrogens (tertiary/aromatic N) is 2. The molecule has 15 rings (SSSR count). The molecule has 0 atom stereocenters. The van der Waals surface area contributed by atoms with Gasteiger partial charge in [0.25, 0.3) is 0 Å². The van der Waals surface area contributed by atoms with Crippen LogP contribution in [0, 0.1) is 0 Å². The van der Waals surface area contributed by atoms with Crippen molar-refractivity contribution in [3.8, 4) is 44.5 Å². The van der Waals surface area contributed by atoms with Crippen LogP contribution in [-0.2, 0) is 0 Å². The van der Waals surface area contributed by atoms with Crippen LogP contribution in [0.25, 0.3) is 132 Å². The smallest absolute Gasteiger partial charge is 0.422 e. The van der Waals surface area contributed by atoms with Gasteiger partial charge in [-0.2, -0.15) is 0 Å². The van der Waals surface area contributed by atoms with Crippen molar-refractivity contribution in [2.75, 3.05) is 0 Å². The Morgan fingerprint density at radius 2 is 0.729 bits per heavy atom. The van der Waals surface area contributed by atoms with Crippen LogP contribution >= 0.6 is 0 Å². The second kappa shape index (κ2) is 10.6. The van der Waals surface area contributed by atoms with E-state index in [1.807, 2.05) is 12.1 Å². The molecule has 0 amide bonds. The minimum Gasteiger partial charge on any atom is -0.456 e. The van der Waals surface area contributed by atoms with Gasteiger partial charge in [-0.05, 0) is 99.5 Å². The van der Waals surface area contributed by atoms with Crippen molar-refractivity contribution in [3.05, 3.63) is 176 Å². The maximum absolute atomic E-state index is 6.41. The topological polar surface area (TPSA) is 36.1 Å². The molecular formula is C54H29BN2O2. The molecule has 13 aromatic rings. The monoisotopic (exact) mass is 748 g/mol. The van der Waals surface area contributed by atoms with Crippen LogP contribution in [0.3, 0.4) is 0 Å². The maximum Gasteiger partial charge on any atom is 0.422 e. The van der Waals surface area contributed by atoms with Crippen molar-refractivity contribution in [2.45, 2.75) is 0 Å². The summed E-state index contributed by atoms with van der Waals surface area (Å²) >= 11 is 0. The Balaban J connectivity index is 1.08. The molecule has 0 spiro atoms. The van der Waals surface area contributed by atoms with Gasteiger partial charge >= 0.3 is 6.98 Å². The SMILES string of the molecule is c1cc2c3c(c1)-c1cc(-c4cccc5oc6ccccc6c45)cc4c5ccccc5n(c14)B3n1c3ccccc3c3cc(-c4cccc5oc6ccccc6c45)cc-2c31. The molecule has 0 radical (unpaired) electrons. The van der Waals surface area contributed by atoms with Crippen LogP contribution in [0.5, 0.6) is 0 Å². The van der Waals surface area contributed by atoms with E-state index in [0.29, 0.717) is 0 Å². The molecule has 9 aromatic carbocycles. The Bertz CT molecular complexity index is 3790. The van der Waals surface area contributed by atoms with E-state index in [4.69, 9.17) is 8.83 Å². The molecule has 0 unspecified atom stereocenters. The van der Waals surface area contributed by atoms with Gasteiger partial charge < -0.3 is 17.8 Å². The maximum atomic E-state index is 6.41. The third-order valence-electron chi connectivity index (χ3n) is 13.5. The van der Waals surface area contributed by atoms with Gasteiger partial charge in [0.1, 0.15) is 22.3 Å². The largest absolute Gasteiger partial charge is 0.456 e. The van der Waals surface area contributed by atoms with Crippen molar-refractivity contribution in [2.24, 2.45) is 0 Å². The number of fused-ring (bicyclic) bond motifs is 16. The fourth-order valence-corrected chi connectivity index (χ4v) is 11.2. The van der Waals surface area contributed by atoms with Crippen LogP contribution in [0.2, 0.25) is 0 Å². The summed E-state index contributed by atoms with van der Waals surface area (Å²) in [4.78, 5) is 0. The highest BCUT2D eigenvalue weighted by molar-refractivity contribution is 6.79. The molecule has 5 heteroatoms. The molecule has 2 aliphatic rings. The Morgan fingerprint density at radius 1 is 0.322 bits per heavy atom. The molecule has 0 saturated carbocycles. The van der Waals surface area contributed by atoms with Gasteiger partial charge in [-0.1, -0.05) is 115 Å². The van der Waals surface area contributed by atoms with Crippen molar-refractivity contribution in [1.82, 2.24) is 8.96 Å². The quantitative estimate of drug-likeness (QED) is 0.165. The Hall–Kier alpha value is -7.76. The van der Waals surface area contributed by atoms with Gasteiger partial charge in [0, 0.05) is 76.3 Å². The first-order chi connectivity index (χ1) is 29.3. The minimum atomic E-state index is -0.0785. The van der Waals surface area contributed by atoms with E-state index >= 15 is 0 Å². The molecule has 0 saturated heterocycles. The molecule has 0 bridgehead atoms. The second-order valence-corrected chi connectivity index (χ2v) is 16.3. The van der Waals surface area contributed by atoms with Gasteiger partial charge in [-0.3, -0.25) is 0 Å². The van der Waals surface area contributed by atoms with Gasteiger partial charge in [-0.15, -0.1) is 0 Å².